The Hall–Kier alpha value is -0.590. The van der Waals surface area contributed by atoms with Crippen LogP contribution in [0, 0.1) is 16.7 Å². The molecule has 2 fully saturated rings. The van der Waals surface area contributed by atoms with Gasteiger partial charge in [-0.1, -0.05) is 26.8 Å². The molecule has 2 rings (SSSR count). The molecule has 2 aliphatic rings. The number of allylic oxidation sites excluding steroid dienone is 2. The number of hydrogen-bond donors (Lipinski definition) is 0. The Bertz CT molecular complexity index is 298. The zero-order valence-corrected chi connectivity index (χ0v) is 8.98. The molecule has 0 aromatic rings. The van der Waals surface area contributed by atoms with Gasteiger partial charge < -0.3 is 0 Å². The van der Waals surface area contributed by atoms with E-state index in [1.807, 2.05) is 13.0 Å². The molecule has 2 aliphatic carbocycles. The predicted octanol–water partition coefficient (Wildman–Crippen LogP) is 2.96. The van der Waals surface area contributed by atoms with Crippen molar-refractivity contribution in [2.24, 2.45) is 16.7 Å². The molecule has 0 amide bonds. The van der Waals surface area contributed by atoms with E-state index in [9.17, 15) is 4.79 Å². The molecule has 0 radical (unpaired) electrons. The Kier molecular flexibility index (Phi) is 1.56. The van der Waals surface area contributed by atoms with Gasteiger partial charge in [0.25, 0.3) is 0 Å². The number of fused-ring (bicyclic) bond motifs is 2. The average molecular weight is 178 g/mol. The molecule has 0 N–H and O–H groups in total. The van der Waals surface area contributed by atoms with Crippen molar-refractivity contribution in [2.45, 2.75) is 40.5 Å². The first-order valence-electron chi connectivity index (χ1n) is 5.16. The minimum atomic E-state index is -0.0699. The number of carbonyl (C=O) groups is 1. The van der Waals surface area contributed by atoms with Crippen LogP contribution in [0.5, 0.6) is 0 Å². The van der Waals surface area contributed by atoms with Gasteiger partial charge in [0.1, 0.15) is 0 Å². The summed E-state index contributed by atoms with van der Waals surface area (Å²) in [5.41, 5.74) is 1.21. The lowest BCUT2D eigenvalue weighted by Gasteiger charge is -2.31. The molecule has 2 unspecified atom stereocenters. The summed E-state index contributed by atoms with van der Waals surface area (Å²) in [7, 11) is 0. The molecule has 0 saturated heterocycles. The molecule has 2 saturated carbocycles. The van der Waals surface area contributed by atoms with Crippen molar-refractivity contribution in [3.8, 4) is 0 Å². The fraction of sp³-hybridized carbons (Fsp3) is 0.750. The van der Waals surface area contributed by atoms with Gasteiger partial charge in [-0.15, -0.1) is 0 Å². The van der Waals surface area contributed by atoms with Crippen LogP contribution in [-0.2, 0) is 4.79 Å². The lowest BCUT2D eigenvalue weighted by atomic mass is 9.70. The monoisotopic (exact) mass is 178 g/mol. The van der Waals surface area contributed by atoms with Crippen LogP contribution in [0.15, 0.2) is 11.6 Å². The van der Waals surface area contributed by atoms with Gasteiger partial charge in [0.15, 0.2) is 5.78 Å². The zero-order valence-electron chi connectivity index (χ0n) is 8.98. The van der Waals surface area contributed by atoms with Gasteiger partial charge in [0, 0.05) is 5.41 Å². The third-order valence-corrected chi connectivity index (χ3v) is 4.68. The first-order chi connectivity index (χ1) is 5.95. The minimum Gasteiger partial charge on any atom is -0.294 e. The van der Waals surface area contributed by atoms with E-state index < -0.39 is 0 Å². The van der Waals surface area contributed by atoms with Gasteiger partial charge in [0.05, 0.1) is 0 Å². The SMILES string of the molecule is CC=C1C(=O)C2(C)CCC1C2(C)C. The summed E-state index contributed by atoms with van der Waals surface area (Å²) < 4.78 is 0. The maximum absolute atomic E-state index is 12.1. The highest BCUT2D eigenvalue weighted by Gasteiger charge is 2.63. The number of Topliss-reactive ketones (excluding diaryl/α,β-unsaturated/α-hetero) is 1. The van der Waals surface area contributed by atoms with E-state index in [0.717, 1.165) is 12.0 Å². The third-order valence-electron chi connectivity index (χ3n) is 4.68. The van der Waals surface area contributed by atoms with Crippen LogP contribution in [0.25, 0.3) is 0 Å². The second-order valence-electron chi connectivity index (χ2n) is 5.22. The summed E-state index contributed by atoms with van der Waals surface area (Å²) >= 11 is 0. The van der Waals surface area contributed by atoms with Crippen molar-refractivity contribution < 1.29 is 4.79 Å². The molecule has 0 spiro atoms. The van der Waals surface area contributed by atoms with Gasteiger partial charge in [-0.05, 0) is 36.7 Å². The normalized spacial score (nSPS) is 44.8. The van der Waals surface area contributed by atoms with E-state index in [0.29, 0.717) is 11.7 Å². The largest absolute Gasteiger partial charge is 0.294 e. The van der Waals surface area contributed by atoms with Crippen LogP contribution < -0.4 is 0 Å². The molecule has 0 aromatic carbocycles. The Labute approximate surface area is 80.2 Å². The van der Waals surface area contributed by atoms with Crippen LogP contribution in [0.2, 0.25) is 0 Å². The highest BCUT2D eigenvalue weighted by molar-refractivity contribution is 6.04. The first kappa shape index (κ1) is 8.98. The summed E-state index contributed by atoms with van der Waals surface area (Å²) in [5.74, 6) is 0.936. The Morgan fingerprint density at radius 2 is 2.00 bits per heavy atom. The molecule has 0 heterocycles. The van der Waals surface area contributed by atoms with Gasteiger partial charge in [-0.25, -0.2) is 0 Å². The van der Waals surface area contributed by atoms with Crippen LogP contribution in [-0.4, -0.2) is 5.78 Å². The Morgan fingerprint density at radius 1 is 1.38 bits per heavy atom. The molecule has 2 bridgehead atoms. The predicted molar refractivity (Wildman–Crippen MR) is 53.4 cm³/mol. The van der Waals surface area contributed by atoms with E-state index in [1.54, 1.807) is 0 Å². The fourth-order valence-corrected chi connectivity index (χ4v) is 3.26. The molecular weight excluding hydrogens is 160 g/mol. The molecule has 13 heavy (non-hydrogen) atoms. The maximum atomic E-state index is 12.1. The van der Waals surface area contributed by atoms with Crippen LogP contribution in [0.4, 0.5) is 0 Å². The van der Waals surface area contributed by atoms with Crippen LogP contribution >= 0.6 is 0 Å². The maximum Gasteiger partial charge on any atom is 0.165 e. The molecule has 2 atom stereocenters. The van der Waals surface area contributed by atoms with Gasteiger partial charge >= 0.3 is 0 Å². The summed E-state index contributed by atoms with van der Waals surface area (Å²) in [6, 6.07) is 0. The molecule has 1 heteroatoms. The van der Waals surface area contributed by atoms with Crippen molar-refractivity contribution in [3.63, 3.8) is 0 Å². The smallest absolute Gasteiger partial charge is 0.165 e. The second kappa shape index (κ2) is 2.26. The zero-order chi connectivity index (χ0) is 9.85. The molecule has 1 nitrogen and oxygen atoms in total. The van der Waals surface area contributed by atoms with E-state index in [1.165, 1.54) is 6.42 Å². The number of carbonyl (C=O) groups excluding carboxylic acids is 1. The van der Waals surface area contributed by atoms with E-state index >= 15 is 0 Å². The van der Waals surface area contributed by atoms with E-state index in [4.69, 9.17) is 0 Å². The summed E-state index contributed by atoms with van der Waals surface area (Å²) in [5, 5.41) is 0. The van der Waals surface area contributed by atoms with Crippen molar-refractivity contribution in [1.29, 1.82) is 0 Å². The standard InChI is InChI=1S/C12H18O/c1-5-8-9-6-7-12(4,10(8)13)11(9,2)3/h5,9H,6-7H2,1-4H3. The number of hydrogen-bond acceptors (Lipinski definition) is 1. The Morgan fingerprint density at radius 3 is 2.31 bits per heavy atom. The van der Waals surface area contributed by atoms with Gasteiger partial charge in [-0.3, -0.25) is 4.79 Å². The quantitative estimate of drug-likeness (QED) is 0.521. The van der Waals surface area contributed by atoms with E-state index in [-0.39, 0.29) is 10.8 Å². The summed E-state index contributed by atoms with van der Waals surface area (Å²) in [4.78, 5) is 12.1. The van der Waals surface area contributed by atoms with Crippen LogP contribution in [0.3, 0.4) is 0 Å². The second-order valence-corrected chi connectivity index (χ2v) is 5.22. The molecule has 72 valence electrons. The minimum absolute atomic E-state index is 0.0699. The van der Waals surface area contributed by atoms with Crippen molar-refractivity contribution in [2.75, 3.05) is 0 Å². The van der Waals surface area contributed by atoms with Crippen molar-refractivity contribution in [1.82, 2.24) is 0 Å². The van der Waals surface area contributed by atoms with Crippen molar-refractivity contribution >= 4 is 5.78 Å². The third kappa shape index (κ3) is 0.762. The van der Waals surface area contributed by atoms with Gasteiger partial charge in [-0.2, -0.15) is 0 Å². The Balaban J connectivity index is 2.57. The molecule has 0 aliphatic heterocycles. The molecular formula is C12H18O. The van der Waals surface area contributed by atoms with Crippen molar-refractivity contribution in [3.05, 3.63) is 11.6 Å². The fourth-order valence-electron chi connectivity index (χ4n) is 3.26. The van der Waals surface area contributed by atoms with E-state index in [2.05, 4.69) is 20.8 Å². The lowest BCUT2D eigenvalue weighted by molar-refractivity contribution is -0.125. The topological polar surface area (TPSA) is 17.1 Å². The average Bonchev–Trinajstić information content (AvgIpc) is 2.36. The van der Waals surface area contributed by atoms with Crippen LogP contribution in [0.1, 0.15) is 40.5 Å². The summed E-state index contributed by atoms with van der Waals surface area (Å²) in [6.45, 7) is 8.64. The van der Waals surface area contributed by atoms with Gasteiger partial charge in [0.2, 0.25) is 0 Å². The first-order valence-corrected chi connectivity index (χ1v) is 5.16. The molecule has 0 aromatic heterocycles. The highest BCUT2D eigenvalue weighted by atomic mass is 16.1. The highest BCUT2D eigenvalue weighted by Crippen LogP contribution is 2.65. The number of ketones is 1. The number of rotatable bonds is 0. The lowest BCUT2D eigenvalue weighted by Crippen LogP contribution is -2.32. The summed E-state index contributed by atoms with van der Waals surface area (Å²) in [6.07, 6.45) is 4.31.